The average Bonchev–Trinajstić information content (AvgIpc) is 3.23. The Bertz CT molecular complexity index is 1510. The van der Waals surface area contributed by atoms with Gasteiger partial charge in [0.25, 0.3) is 0 Å². The van der Waals surface area contributed by atoms with Crippen LogP contribution < -0.4 is 20.9 Å². The van der Waals surface area contributed by atoms with Gasteiger partial charge in [0.15, 0.2) is 11.5 Å². The molecule has 0 bridgehead atoms. The molecule has 0 spiro atoms. The van der Waals surface area contributed by atoms with Gasteiger partial charge in [-0.3, -0.25) is 10.3 Å². The smallest absolute Gasteiger partial charge is 0.338 e. The number of sulfonamides is 2. The number of alkyl halides is 3. The Morgan fingerprint density at radius 2 is 1.80 bits per heavy atom. The molecule has 0 aromatic carbocycles. The Hall–Kier alpha value is -3.19. The lowest BCUT2D eigenvalue weighted by atomic mass is 10.0. The van der Waals surface area contributed by atoms with Crippen molar-refractivity contribution in [3.63, 3.8) is 0 Å². The van der Waals surface area contributed by atoms with E-state index in [2.05, 4.69) is 25.6 Å². The number of hydrogen-bond donors (Lipinski definition) is 4. The van der Waals surface area contributed by atoms with Gasteiger partial charge in [0.05, 0.1) is 0 Å². The number of amides is 2. The summed E-state index contributed by atoms with van der Waals surface area (Å²) in [5.74, 6) is -0.587. The van der Waals surface area contributed by atoms with Gasteiger partial charge in [-0.25, -0.2) is 41.9 Å². The highest BCUT2D eigenvalue weighted by Gasteiger charge is 2.35. The summed E-state index contributed by atoms with van der Waals surface area (Å²) in [5.41, 5.74) is -2.02. The van der Waals surface area contributed by atoms with Crippen LogP contribution in [0.4, 0.5) is 23.8 Å². The van der Waals surface area contributed by atoms with Gasteiger partial charge in [-0.05, 0) is 13.0 Å². The number of nitrogens with one attached hydrogen (secondary N) is 2. The van der Waals surface area contributed by atoms with Crippen LogP contribution in [-0.4, -0.2) is 44.4 Å². The van der Waals surface area contributed by atoms with Crippen molar-refractivity contribution in [3.05, 3.63) is 35.7 Å². The van der Waals surface area contributed by atoms with Gasteiger partial charge in [0, 0.05) is 47.2 Å². The fourth-order valence-electron chi connectivity index (χ4n) is 2.84. The number of pyridine rings is 2. The van der Waals surface area contributed by atoms with E-state index in [1.54, 1.807) is 6.92 Å². The SMILES string of the molecule is CCNC(=O)Nc1ncc(-c2cncc(S(N)(=O)=O)c2)c(-c2nc(C(F)(F)F)cs2)c1S(N)(=O)=O. The van der Waals surface area contributed by atoms with Crippen LogP contribution in [0.1, 0.15) is 12.6 Å². The summed E-state index contributed by atoms with van der Waals surface area (Å²) in [6.07, 6.45) is -1.81. The second kappa shape index (κ2) is 9.46. The van der Waals surface area contributed by atoms with Gasteiger partial charge in [-0.15, -0.1) is 11.3 Å². The number of carbonyl (C=O) groups is 1. The fourth-order valence-corrected chi connectivity index (χ4v) is 5.16. The standard InChI is InChI=1S/C17H16F3N7O5S3/c1-2-24-16(28)27-14-13(35(22,31)32)12(15-26-11(7-33-15)17(18,19)20)10(6-25-14)8-3-9(5-23-4-8)34(21,29)30/h3-7H,2H2,1H3,(H2,21,29,30)(H2,22,31,32)(H2,24,25,27,28). The Morgan fingerprint density at radius 3 is 2.34 bits per heavy atom. The van der Waals surface area contributed by atoms with Crippen LogP contribution >= 0.6 is 11.3 Å². The molecule has 12 nitrogen and oxygen atoms in total. The number of halogens is 3. The van der Waals surface area contributed by atoms with E-state index >= 15 is 0 Å². The molecule has 3 aromatic rings. The molecule has 6 N–H and O–H groups in total. The maximum atomic E-state index is 13.2. The van der Waals surface area contributed by atoms with Gasteiger partial charge in [-0.2, -0.15) is 13.2 Å². The van der Waals surface area contributed by atoms with Gasteiger partial charge in [0.2, 0.25) is 20.0 Å². The molecule has 0 atom stereocenters. The van der Waals surface area contributed by atoms with E-state index in [0.29, 0.717) is 16.7 Å². The first kappa shape index (κ1) is 26.4. The Kier molecular flexibility index (Phi) is 7.14. The van der Waals surface area contributed by atoms with Crippen molar-refractivity contribution in [2.24, 2.45) is 10.3 Å². The highest BCUT2D eigenvalue weighted by molar-refractivity contribution is 7.89. The summed E-state index contributed by atoms with van der Waals surface area (Å²) in [6.45, 7) is 1.75. The lowest BCUT2D eigenvalue weighted by molar-refractivity contribution is -0.140. The summed E-state index contributed by atoms with van der Waals surface area (Å²) >= 11 is 0.446. The highest BCUT2D eigenvalue weighted by atomic mass is 32.2. The van der Waals surface area contributed by atoms with Crippen molar-refractivity contribution < 1.29 is 34.8 Å². The molecule has 0 saturated heterocycles. The molecule has 18 heteroatoms. The molecule has 0 fully saturated rings. The third-order valence-corrected chi connectivity index (χ3v) is 6.96. The molecule has 3 heterocycles. The molecule has 35 heavy (non-hydrogen) atoms. The zero-order chi connectivity index (χ0) is 26.2. The van der Waals surface area contributed by atoms with Crippen LogP contribution in [0.2, 0.25) is 0 Å². The van der Waals surface area contributed by atoms with E-state index in [-0.39, 0.29) is 17.7 Å². The number of nitrogens with zero attached hydrogens (tertiary/aromatic N) is 3. The van der Waals surface area contributed by atoms with Crippen LogP contribution in [0.15, 0.2) is 39.8 Å². The minimum Gasteiger partial charge on any atom is -0.338 e. The van der Waals surface area contributed by atoms with E-state index < -0.39 is 64.1 Å². The van der Waals surface area contributed by atoms with Crippen molar-refractivity contribution >= 4 is 43.2 Å². The molecule has 2 amide bonds. The van der Waals surface area contributed by atoms with Crippen LogP contribution in [0.5, 0.6) is 0 Å². The fraction of sp³-hybridized carbons (Fsp3) is 0.176. The number of anilines is 1. The Morgan fingerprint density at radius 1 is 1.11 bits per heavy atom. The number of aromatic nitrogens is 3. The molecule has 3 rings (SSSR count). The molecular formula is C17H16F3N7O5S3. The van der Waals surface area contributed by atoms with Gasteiger partial charge in [-0.1, -0.05) is 0 Å². The Balaban J connectivity index is 2.41. The molecule has 188 valence electrons. The maximum Gasteiger partial charge on any atom is 0.434 e. The molecule has 0 aliphatic carbocycles. The number of hydrogen-bond acceptors (Lipinski definition) is 9. The zero-order valence-corrected chi connectivity index (χ0v) is 19.9. The highest BCUT2D eigenvalue weighted by Crippen LogP contribution is 2.42. The van der Waals surface area contributed by atoms with Crippen LogP contribution in [0, 0.1) is 0 Å². The van der Waals surface area contributed by atoms with E-state index in [9.17, 15) is 34.8 Å². The number of rotatable bonds is 6. The number of primary sulfonamides is 2. The molecule has 0 saturated carbocycles. The second-order valence-corrected chi connectivity index (χ2v) is 10.7. The van der Waals surface area contributed by atoms with E-state index in [1.807, 2.05) is 0 Å². The topological polar surface area (TPSA) is 200 Å². The second-order valence-electron chi connectivity index (χ2n) is 6.74. The quantitative estimate of drug-likeness (QED) is 0.355. The summed E-state index contributed by atoms with van der Waals surface area (Å²) in [5, 5.41) is 15.2. The first-order valence-corrected chi connectivity index (χ1v) is 13.2. The zero-order valence-electron chi connectivity index (χ0n) is 17.5. The molecule has 3 aromatic heterocycles. The van der Waals surface area contributed by atoms with E-state index in [4.69, 9.17) is 10.3 Å². The maximum absolute atomic E-state index is 13.2. The average molecular weight is 552 g/mol. The third-order valence-electron chi connectivity index (χ3n) is 4.25. The van der Waals surface area contributed by atoms with Crippen molar-refractivity contribution in [2.75, 3.05) is 11.9 Å². The van der Waals surface area contributed by atoms with Crippen molar-refractivity contribution in [2.45, 2.75) is 22.9 Å². The summed E-state index contributed by atoms with van der Waals surface area (Å²) in [7, 11) is -9.00. The number of thiazole rings is 1. The van der Waals surface area contributed by atoms with Crippen molar-refractivity contribution in [3.8, 4) is 21.7 Å². The molecule has 0 radical (unpaired) electrons. The molecule has 0 unspecified atom stereocenters. The van der Waals surface area contributed by atoms with Gasteiger partial charge in [0.1, 0.15) is 14.8 Å². The first-order chi connectivity index (χ1) is 16.1. The summed E-state index contributed by atoms with van der Waals surface area (Å²) in [4.78, 5) is 21.9. The lowest BCUT2D eigenvalue weighted by Gasteiger charge is -2.16. The summed E-state index contributed by atoms with van der Waals surface area (Å²) in [6, 6.07) is 0.155. The number of nitrogens with two attached hydrogens (primary N) is 2. The van der Waals surface area contributed by atoms with Gasteiger partial charge >= 0.3 is 12.2 Å². The van der Waals surface area contributed by atoms with Crippen LogP contribution in [0.25, 0.3) is 21.7 Å². The largest absolute Gasteiger partial charge is 0.434 e. The third kappa shape index (κ3) is 5.90. The Labute approximate surface area is 200 Å². The summed E-state index contributed by atoms with van der Waals surface area (Å²) < 4.78 is 88.4. The van der Waals surface area contributed by atoms with E-state index in [0.717, 1.165) is 24.7 Å². The van der Waals surface area contributed by atoms with Crippen LogP contribution in [-0.2, 0) is 26.2 Å². The van der Waals surface area contributed by atoms with Crippen molar-refractivity contribution in [1.82, 2.24) is 20.3 Å². The monoisotopic (exact) mass is 551 g/mol. The van der Waals surface area contributed by atoms with E-state index in [1.165, 1.54) is 0 Å². The normalized spacial score (nSPS) is 12.4. The lowest BCUT2D eigenvalue weighted by Crippen LogP contribution is -2.30. The molecule has 0 aliphatic heterocycles. The molecule has 0 aliphatic rings. The van der Waals surface area contributed by atoms with Gasteiger partial charge < -0.3 is 5.32 Å². The minimum atomic E-state index is -4.85. The number of urea groups is 1. The van der Waals surface area contributed by atoms with Crippen molar-refractivity contribution in [1.29, 1.82) is 0 Å². The number of carbonyl (C=O) groups excluding carboxylic acids is 1. The van der Waals surface area contributed by atoms with Crippen LogP contribution in [0.3, 0.4) is 0 Å². The predicted molar refractivity (Wildman–Crippen MR) is 119 cm³/mol. The first-order valence-electron chi connectivity index (χ1n) is 9.25. The molecular weight excluding hydrogens is 535 g/mol. The minimum absolute atomic E-state index is 0.0720. The predicted octanol–water partition coefficient (Wildman–Crippen LogP) is 1.72.